The molecule has 12 nitrogen and oxygen atoms in total. The Hall–Kier alpha value is -4.16. The topological polar surface area (TPSA) is 145 Å². The van der Waals surface area contributed by atoms with Gasteiger partial charge in [0, 0.05) is 26.3 Å². The molecule has 0 spiro atoms. The van der Waals surface area contributed by atoms with Crippen molar-refractivity contribution in [2.75, 3.05) is 13.4 Å². The molecule has 41 heavy (non-hydrogen) atoms. The molecule has 1 aliphatic heterocycles. The Morgan fingerprint density at radius 1 is 0.927 bits per heavy atom. The third-order valence-corrected chi connectivity index (χ3v) is 6.12. The summed E-state index contributed by atoms with van der Waals surface area (Å²) in [5, 5.41) is 2.79. The third kappa shape index (κ3) is 8.18. The molecule has 1 saturated carbocycles. The highest BCUT2D eigenvalue weighted by Gasteiger charge is 2.59. The maximum atomic E-state index is 13.4. The first kappa shape index (κ1) is 31.4. The van der Waals surface area contributed by atoms with Gasteiger partial charge in [-0.1, -0.05) is 24.8 Å². The average molecular weight is 574 g/mol. The van der Waals surface area contributed by atoms with Crippen LogP contribution in [0.25, 0.3) is 6.08 Å². The van der Waals surface area contributed by atoms with Gasteiger partial charge in [0.05, 0.1) is 6.26 Å². The van der Waals surface area contributed by atoms with Crippen molar-refractivity contribution in [3.63, 3.8) is 0 Å². The van der Waals surface area contributed by atoms with E-state index in [4.69, 9.17) is 33.2 Å². The number of rotatable bonds is 11. The second-order valence-corrected chi connectivity index (χ2v) is 9.32. The van der Waals surface area contributed by atoms with E-state index in [1.807, 2.05) is 0 Å². The van der Waals surface area contributed by atoms with Crippen LogP contribution in [0, 0.1) is 0 Å². The SMILES string of the molecule is C=CCOc1ccc(/C=C(\C)C(=O)N[C@H]2[C@@H](OC(C)=O)[C@@H]3OCO[C@@H]3[C@H](OC(C)=O)[C@H]2OC(C)=O)cc1O/C=C/C. The van der Waals surface area contributed by atoms with Crippen LogP contribution < -0.4 is 14.8 Å². The third-order valence-electron chi connectivity index (χ3n) is 6.12. The molecule has 1 amide bonds. The fourth-order valence-corrected chi connectivity index (χ4v) is 4.58. The van der Waals surface area contributed by atoms with Crippen LogP contribution in [-0.2, 0) is 42.9 Å². The van der Waals surface area contributed by atoms with Gasteiger partial charge in [-0.15, -0.1) is 0 Å². The van der Waals surface area contributed by atoms with Gasteiger partial charge in [-0.2, -0.15) is 0 Å². The fourth-order valence-electron chi connectivity index (χ4n) is 4.58. The van der Waals surface area contributed by atoms with E-state index in [-0.39, 0.29) is 19.0 Å². The van der Waals surface area contributed by atoms with Gasteiger partial charge in [0.2, 0.25) is 5.91 Å². The number of benzene rings is 1. The van der Waals surface area contributed by atoms with Crippen molar-refractivity contribution in [1.29, 1.82) is 0 Å². The Kier molecular flexibility index (Phi) is 11.1. The summed E-state index contributed by atoms with van der Waals surface area (Å²) < 4.78 is 39.0. The lowest BCUT2D eigenvalue weighted by Gasteiger charge is -2.45. The van der Waals surface area contributed by atoms with Crippen molar-refractivity contribution < 1.29 is 52.3 Å². The second kappa shape index (κ2) is 14.5. The van der Waals surface area contributed by atoms with Crippen LogP contribution >= 0.6 is 0 Å². The first-order valence-corrected chi connectivity index (χ1v) is 12.9. The number of carbonyl (C=O) groups is 4. The number of hydrogen-bond donors (Lipinski definition) is 1. The number of carbonyl (C=O) groups excluding carboxylic acids is 4. The number of nitrogens with one attached hydrogen (secondary N) is 1. The molecule has 1 N–H and O–H groups in total. The first-order valence-electron chi connectivity index (χ1n) is 12.9. The molecular weight excluding hydrogens is 538 g/mol. The van der Waals surface area contributed by atoms with Crippen molar-refractivity contribution in [3.05, 3.63) is 54.3 Å². The van der Waals surface area contributed by atoms with E-state index >= 15 is 0 Å². The molecule has 3 rings (SSSR count). The zero-order chi connectivity index (χ0) is 30.1. The van der Waals surface area contributed by atoms with Gasteiger partial charge < -0.3 is 38.5 Å². The molecule has 0 radical (unpaired) electrons. The predicted octanol–water partition coefficient (Wildman–Crippen LogP) is 2.60. The van der Waals surface area contributed by atoms with Crippen molar-refractivity contribution in [2.45, 2.75) is 71.2 Å². The maximum Gasteiger partial charge on any atom is 0.303 e. The largest absolute Gasteiger partial charge is 0.486 e. The van der Waals surface area contributed by atoms with Crippen LogP contribution in [0.15, 0.2) is 48.8 Å². The average Bonchev–Trinajstić information content (AvgIpc) is 3.40. The van der Waals surface area contributed by atoms with Crippen LogP contribution in [0.3, 0.4) is 0 Å². The molecule has 0 unspecified atom stereocenters. The van der Waals surface area contributed by atoms with E-state index < -0.39 is 60.4 Å². The molecule has 1 aromatic carbocycles. The smallest absolute Gasteiger partial charge is 0.303 e. The fraction of sp³-hybridized carbons (Fsp3) is 0.448. The van der Waals surface area contributed by atoms with E-state index in [1.54, 1.807) is 50.3 Å². The van der Waals surface area contributed by atoms with Gasteiger partial charge in [0.25, 0.3) is 0 Å². The van der Waals surface area contributed by atoms with Gasteiger partial charge >= 0.3 is 17.9 Å². The number of fused-ring (bicyclic) bond motifs is 1. The molecule has 2 fully saturated rings. The Labute approximate surface area is 238 Å². The molecule has 222 valence electrons. The number of allylic oxidation sites excluding steroid dienone is 1. The molecule has 2 aliphatic rings. The van der Waals surface area contributed by atoms with Crippen LogP contribution in [0.1, 0.15) is 40.2 Å². The molecule has 12 heteroatoms. The standard InChI is InChI=1S/C29H35NO11/c1-7-11-35-21-10-9-20(14-22(21)36-12-8-2)13-16(3)29(34)30-23-24(39-17(4)31)26-27(38-15-37-26)28(41-19(6)33)25(23)40-18(5)32/h7-10,12-14,23-28H,1,11,15H2,2-6H3,(H,30,34)/b12-8+,16-13+/t23-,24+,25-,26-,27-,28+/m0/s1. The molecule has 0 bridgehead atoms. The lowest BCUT2D eigenvalue weighted by Crippen LogP contribution is -2.70. The van der Waals surface area contributed by atoms with Crippen molar-refractivity contribution in [2.24, 2.45) is 0 Å². The maximum absolute atomic E-state index is 13.4. The lowest BCUT2D eigenvalue weighted by molar-refractivity contribution is -0.205. The molecular formula is C29H35NO11. The minimum absolute atomic E-state index is 0.179. The number of hydrogen-bond acceptors (Lipinski definition) is 11. The summed E-state index contributed by atoms with van der Waals surface area (Å²) in [6, 6.07) is 4.00. The van der Waals surface area contributed by atoms with Gasteiger partial charge in [-0.25, -0.2) is 0 Å². The Morgan fingerprint density at radius 3 is 2.15 bits per heavy atom. The van der Waals surface area contributed by atoms with Crippen LogP contribution in [0.4, 0.5) is 0 Å². The van der Waals surface area contributed by atoms with Gasteiger partial charge in [0.1, 0.15) is 31.6 Å². The number of esters is 3. The van der Waals surface area contributed by atoms with Crippen molar-refractivity contribution in [1.82, 2.24) is 5.32 Å². The first-order chi connectivity index (χ1) is 19.5. The molecule has 1 aromatic rings. The summed E-state index contributed by atoms with van der Waals surface area (Å²) in [6.07, 6.45) is 1.12. The Morgan fingerprint density at radius 2 is 1.54 bits per heavy atom. The van der Waals surface area contributed by atoms with Gasteiger partial charge in [-0.05, 0) is 37.6 Å². The minimum atomic E-state index is -1.25. The highest BCUT2D eigenvalue weighted by molar-refractivity contribution is 5.97. The Balaban J connectivity index is 1.94. The van der Waals surface area contributed by atoms with Gasteiger partial charge in [0.15, 0.2) is 29.8 Å². The summed E-state index contributed by atoms with van der Waals surface area (Å²) in [6.45, 7) is 10.7. The predicted molar refractivity (Wildman–Crippen MR) is 144 cm³/mol. The monoisotopic (exact) mass is 573 g/mol. The molecule has 6 atom stereocenters. The van der Waals surface area contributed by atoms with Crippen LogP contribution in [0.5, 0.6) is 11.5 Å². The quantitative estimate of drug-likeness (QED) is 0.137. The van der Waals surface area contributed by atoms with Gasteiger partial charge in [-0.3, -0.25) is 19.2 Å². The normalized spacial score (nSPS) is 25.5. The highest BCUT2D eigenvalue weighted by Crippen LogP contribution is 2.35. The van der Waals surface area contributed by atoms with E-state index in [0.717, 1.165) is 0 Å². The molecule has 1 aliphatic carbocycles. The zero-order valence-corrected chi connectivity index (χ0v) is 23.6. The summed E-state index contributed by atoms with van der Waals surface area (Å²) in [5.74, 6) is -1.67. The van der Waals surface area contributed by atoms with Crippen molar-refractivity contribution >= 4 is 29.9 Å². The van der Waals surface area contributed by atoms with Crippen LogP contribution in [0.2, 0.25) is 0 Å². The summed E-state index contributed by atoms with van der Waals surface area (Å²) in [7, 11) is 0. The van der Waals surface area contributed by atoms with E-state index in [9.17, 15) is 19.2 Å². The second-order valence-electron chi connectivity index (χ2n) is 9.32. The van der Waals surface area contributed by atoms with E-state index in [0.29, 0.717) is 17.1 Å². The summed E-state index contributed by atoms with van der Waals surface area (Å²) in [5.41, 5.74) is 0.893. The molecule has 1 saturated heterocycles. The lowest BCUT2D eigenvalue weighted by atomic mass is 9.82. The number of amides is 1. The molecule has 0 aromatic heterocycles. The van der Waals surface area contributed by atoms with E-state index in [1.165, 1.54) is 27.0 Å². The van der Waals surface area contributed by atoms with Crippen molar-refractivity contribution in [3.8, 4) is 11.5 Å². The summed E-state index contributed by atoms with van der Waals surface area (Å²) >= 11 is 0. The minimum Gasteiger partial charge on any atom is -0.486 e. The Bertz CT molecular complexity index is 1210. The summed E-state index contributed by atoms with van der Waals surface area (Å²) in [4.78, 5) is 49.5. The van der Waals surface area contributed by atoms with Crippen LogP contribution in [-0.4, -0.2) is 73.8 Å². The highest BCUT2D eigenvalue weighted by atomic mass is 16.7. The molecule has 1 heterocycles. The zero-order valence-electron chi connectivity index (χ0n) is 23.6. The van der Waals surface area contributed by atoms with E-state index in [2.05, 4.69) is 11.9 Å². The number of ether oxygens (including phenoxy) is 7.